The summed E-state index contributed by atoms with van der Waals surface area (Å²) >= 11 is 1.73. The Hall–Kier alpha value is -2.99. The van der Waals surface area contributed by atoms with Crippen molar-refractivity contribution >= 4 is 23.2 Å². The van der Waals surface area contributed by atoms with Crippen LogP contribution in [0.4, 0.5) is 4.39 Å². The predicted molar refractivity (Wildman–Crippen MR) is 130 cm³/mol. The Morgan fingerprint density at radius 1 is 1.12 bits per heavy atom. The lowest BCUT2D eigenvalue weighted by molar-refractivity contribution is -0.134. The van der Waals surface area contributed by atoms with Crippen LogP contribution in [0.25, 0.3) is 0 Å². The van der Waals surface area contributed by atoms with Crippen LogP contribution < -0.4 is 0 Å². The molecule has 0 N–H and O–H groups in total. The van der Waals surface area contributed by atoms with E-state index in [9.17, 15) is 14.0 Å². The van der Waals surface area contributed by atoms with Crippen molar-refractivity contribution in [3.8, 4) is 0 Å². The largest absolute Gasteiger partial charge is 0.330 e. The van der Waals surface area contributed by atoms with Crippen molar-refractivity contribution in [2.75, 3.05) is 19.6 Å². The summed E-state index contributed by atoms with van der Waals surface area (Å²) in [7, 11) is 0. The number of thiophene rings is 1. The molecule has 6 heteroatoms. The number of hydrogen-bond donors (Lipinski definition) is 0. The summed E-state index contributed by atoms with van der Waals surface area (Å²) in [6, 6.07) is 15.8. The lowest BCUT2D eigenvalue weighted by Crippen LogP contribution is -2.47. The molecule has 0 aliphatic carbocycles. The van der Waals surface area contributed by atoms with Crippen molar-refractivity contribution in [2.45, 2.75) is 39.2 Å². The number of nitrogens with zero attached hydrogens (tertiary/aromatic N) is 2. The number of carbonyl (C=O) groups excluding carboxylic acids is 2. The molecule has 2 amide bonds. The maximum Gasteiger partial charge on any atom is 0.254 e. The van der Waals surface area contributed by atoms with Gasteiger partial charge in [-0.05, 0) is 66.1 Å². The van der Waals surface area contributed by atoms with E-state index in [4.69, 9.17) is 0 Å². The molecule has 0 radical (unpaired) electrons. The van der Waals surface area contributed by atoms with E-state index in [1.807, 2.05) is 24.0 Å². The lowest BCUT2D eigenvalue weighted by Gasteiger charge is -2.38. The third kappa shape index (κ3) is 5.01. The predicted octanol–water partition coefficient (Wildman–Crippen LogP) is 5.61. The van der Waals surface area contributed by atoms with Crippen molar-refractivity contribution in [3.63, 3.8) is 0 Å². The molecule has 2 aromatic carbocycles. The van der Waals surface area contributed by atoms with Gasteiger partial charge in [-0.2, -0.15) is 0 Å². The van der Waals surface area contributed by atoms with Gasteiger partial charge in [-0.25, -0.2) is 4.39 Å². The van der Waals surface area contributed by atoms with Gasteiger partial charge in [0.05, 0.1) is 6.04 Å². The molecular weight excluding hydrogens is 435 g/mol. The number of halogens is 1. The molecule has 172 valence electrons. The van der Waals surface area contributed by atoms with Gasteiger partial charge in [0.25, 0.3) is 5.91 Å². The van der Waals surface area contributed by atoms with Crippen molar-refractivity contribution in [1.82, 2.24) is 9.80 Å². The summed E-state index contributed by atoms with van der Waals surface area (Å²) in [5.74, 6) is -0.846. The van der Waals surface area contributed by atoms with Crippen LogP contribution in [-0.4, -0.2) is 41.2 Å². The molecule has 3 aromatic rings. The molecule has 33 heavy (non-hydrogen) atoms. The standard InChI is InChI=1S/C27H29FN2O2S/c1-3-4-14-29(27(32)20-9-7-10-21(28)17-20)18-25(31)30-15-12-24-23(13-16-33-24)26(30)22-11-6-5-8-19(22)2/h5-11,13,16-17,26H,3-4,12,14-15,18H2,1-2H3. The van der Waals surface area contributed by atoms with E-state index in [2.05, 4.69) is 30.5 Å². The summed E-state index contributed by atoms with van der Waals surface area (Å²) in [6.07, 6.45) is 2.49. The first kappa shape index (κ1) is 23.2. The normalized spacial score (nSPS) is 15.2. The van der Waals surface area contributed by atoms with E-state index >= 15 is 0 Å². The molecule has 0 saturated heterocycles. The summed E-state index contributed by atoms with van der Waals surface area (Å²) in [4.78, 5) is 31.6. The fourth-order valence-corrected chi connectivity index (χ4v) is 5.38. The van der Waals surface area contributed by atoms with Crippen LogP contribution in [0.1, 0.15) is 57.7 Å². The highest BCUT2D eigenvalue weighted by molar-refractivity contribution is 7.10. The fourth-order valence-electron chi connectivity index (χ4n) is 4.47. The second-order valence-electron chi connectivity index (χ2n) is 8.49. The number of rotatable bonds is 7. The molecule has 1 aromatic heterocycles. The molecule has 1 aliphatic heterocycles. The maximum absolute atomic E-state index is 13.7. The average molecular weight is 465 g/mol. The highest BCUT2D eigenvalue weighted by atomic mass is 32.1. The van der Waals surface area contributed by atoms with Crippen LogP contribution in [0.3, 0.4) is 0 Å². The van der Waals surface area contributed by atoms with Crippen LogP contribution in [0.5, 0.6) is 0 Å². The number of carbonyl (C=O) groups is 2. The summed E-state index contributed by atoms with van der Waals surface area (Å²) in [5.41, 5.74) is 3.69. The Balaban J connectivity index is 1.63. The van der Waals surface area contributed by atoms with E-state index in [0.717, 1.165) is 30.4 Å². The monoisotopic (exact) mass is 464 g/mol. The average Bonchev–Trinajstić information content (AvgIpc) is 3.30. The topological polar surface area (TPSA) is 40.6 Å². The first-order chi connectivity index (χ1) is 16.0. The first-order valence-corrected chi connectivity index (χ1v) is 12.3. The minimum absolute atomic E-state index is 0.0167. The van der Waals surface area contributed by atoms with Crippen LogP contribution in [0.15, 0.2) is 60.0 Å². The Morgan fingerprint density at radius 3 is 2.70 bits per heavy atom. The molecule has 0 bridgehead atoms. The minimum Gasteiger partial charge on any atom is -0.330 e. The molecule has 0 fully saturated rings. The molecule has 4 rings (SSSR count). The zero-order chi connectivity index (χ0) is 23.4. The zero-order valence-corrected chi connectivity index (χ0v) is 19.9. The Labute approximate surface area is 198 Å². The third-order valence-corrected chi connectivity index (χ3v) is 7.23. The maximum atomic E-state index is 13.7. The second kappa shape index (κ2) is 10.3. The Morgan fingerprint density at radius 2 is 1.94 bits per heavy atom. The third-order valence-electron chi connectivity index (χ3n) is 6.24. The van der Waals surface area contributed by atoms with E-state index in [-0.39, 0.29) is 30.0 Å². The quantitative estimate of drug-likeness (QED) is 0.456. The van der Waals surface area contributed by atoms with E-state index in [0.29, 0.717) is 13.1 Å². The molecule has 0 saturated carbocycles. The fraction of sp³-hybridized carbons (Fsp3) is 0.333. The van der Waals surface area contributed by atoms with Gasteiger partial charge in [0.2, 0.25) is 5.91 Å². The number of amides is 2. The molecule has 1 atom stereocenters. The Kier molecular flexibility index (Phi) is 7.23. The number of fused-ring (bicyclic) bond motifs is 1. The number of aryl methyl sites for hydroxylation is 1. The SMILES string of the molecule is CCCCN(CC(=O)N1CCc2sccc2C1c1ccccc1C)C(=O)c1cccc(F)c1. The van der Waals surface area contributed by atoms with Crippen molar-refractivity contribution < 1.29 is 14.0 Å². The molecule has 0 spiro atoms. The number of benzene rings is 2. The zero-order valence-electron chi connectivity index (χ0n) is 19.1. The van der Waals surface area contributed by atoms with Crippen LogP contribution >= 0.6 is 11.3 Å². The molecular formula is C27H29FN2O2S. The molecule has 1 unspecified atom stereocenters. The van der Waals surface area contributed by atoms with Gasteiger partial charge in [-0.1, -0.05) is 43.7 Å². The van der Waals surface area contributed by atoms with Crippen LogP contribution in [-0.2, 0) is 11.2 Å². The lowest BCUT2D eigenvalue weighted by atomic mass is 9.90. The molecule has 4 nitrogen and oxygen atoms in total. The van der Waals surface area contributed by atoms with Gasteiger partial charge in [-0.15, -0.1) is 11.3 Å². The van der Waals surface area contributed by atoms with E-state index < -0.39 is 5.82 Å². The van der Waals surface area contributed by atoms with E-state index in [1.54, 1.807) is 22.3 Å². The van der Waals surface area contributed by atoms with Crippen LogP contribution in [0.2, 0.25) is 0 Å². The van der Waals surface area contributed by atoms with E-state index in [1.165, 1.54) is 28.6 Å². The minimum atomic E-state index is -0.455. The van der Waals surface area contributed by atoms with Gasteiger partial charge in [-0.3, -0.25) is 9.59 Å². The van der Waals surface area contributed by atoms with Crippen molar-refractivity contribution in [1.29, 1.82) is 0 Å². The highest BCUT2D eigenvalue weighted by Crippen LogP contribution is 2.39. The second-order valence-corrected chi connectivity index (χ2v) is 9.49. The van der Waals surface area contributed by atoms with Gasteiger partial charge in [0.15, 0.2) is 0 Å². The molecule has 1 aliphatic rings. The molecule has 2 heterocycles. The van der Waals surface area contributed by atoms with Crippen LogP contribution in [0, 0.1) is 12.7 Å². The smallest absolute Gasteiger partial charge is 0.254 e. The van der Waals surface area contributed by atoms with Gasteiger partial charge in [0.1, 0.15) is 12.4 Å². The first-order valence-electron chi connectivity index (χ1n) is 11.5. The van der Waals surface area contributed by atoms with Gasteiger partial charge < -0.3 is 9.80 Å². The highest BCUT2D eigenvalue weighted by Gasteiger charge is 2.34. The van der Waals surface area contributed by atoms with Crippen molar-refractivity contribution in [2.24, 2.45) is 0 Å². The number of hydrogen-bond acceptors (Lipinski definition) is 3. The summed E-state index contributed by atoms with van der Waals surface area (Å²) in [6.45, 7) is 5.17. The number of unbranched alkanes of at least 4 members (excludes halogenated alkanes) is 1. The van der Waals surface area contributed by atoms with Gasteiger partial charge in [0, 0.05) is 23.5 Å². The van der Waals surface area contributed by atoms with Gasteiger partial charge >= 0.3 is 0 Å². The van der Waals surface area contributed by atoms with Crippen molar-refractivity contribution in [3.05, 3.63) is 92.9 Å². The Bertz CT molecular complexity index is 1140. The summed E-state index contributed by atoms with van der Waals surface area (Å²) < 4.78 is 13.7. The summed E-state index contributed by atoms with van der Waals surface area (Å²) in [5, 5.41) is 2.09.